The Hall–Kier alpha value is -1.49. The molecule has 0 saturated carbocycles. The van der Waals surface area contributed by atoms with E-state index in [2.05, 4.69) is 27.4 Å². The van der Waals surface area contributed by atoms with Crippen molar-refractivity contribution >= 4 is 11.6 Å². The summed E-state index contributed by atoms with van der Waals surface area (Å²) in [6, 6.07) is 0. The molecule has 0 aliphatic heterocycles. The second-order valence-electron chi connectivity index (χ2n) is 3.93. The van der Waals surface area contributed by atoms with Crippen LogP contribution in [0.25, 0.3) is 11.4 Å². The van der Waals surface area contributed by atoms with E-state index in [0.29, 0.717) is 5.15 Å². The van der Waals surface area contributed by atoms with Gasteiger partial charge in [0.2, 0.25) is 0 Å². The van der Waals surface area contributed by atoms with Crippen LogP contribution in [0.2, 0.25) is 5.15 Å². The zero-order valence-electron chi connectivity index (χ0n) is 10.1. The fourth-order valence-electron chi connectivity index (χ4n) is 1.64. The van der Waals surface area contributed by atoms with Crippen molar-refractivity contribution < 1.29 is 0 Å². The van der Waals surface area contributed by atoms with E-state index in [1.54, 1.807) is 6.20 Å². The second-order valence-corrected chi connectivity index (χ2v) is 4.29. The van der Waals surface area contributed by atoms with Crippen LogP contribution < -0.4 is 0 Å². The van der Waals surface area contributed by atoms with Crippen LogP contribution in [0.5, 0.6) is 0 Å². The molecule has 0 aliphatic carbocycles. The molecular formula is C11H14ClN5. The molecule has 5 nitrogen and oxygen atoms in total. The summed E-state index contributed by atoms with van der Waals surface area (Å²) in [5.74, 6) is 0. The molecule has 0 aliphatic rings. The van der Waals surface area contributed by atoms with Crippen LogP contribution in [-0.2, 0) is 6.54 Å². The molecule has 0 saturated heterocycles. The third kappa shape index (κ3) is 2.15. The van der Waals surface area contributed by atoms with Crippen molar-refractivity contribution in [3.63, 3.8) is 0 Å². The van der Waals surface area contributed by atoms with E-state index in [-0.39, 0.29) is 0 Å². The van der Waals surface area contributed by atoms with E-state index in [0.717, 1.165) is 35.5 Å². The molecule has 6 heteroatoms. The molecule has 0 spiro atoms. The Morgan fingerprint density at radius 1 is 1.24 bits per heavy atom. The minimum atomic E-state index is 0.445. The van der Waals surface area contributed by atoms with Gasteiger partial charge in [0.25, 0.3) is 0 Å². The first kappa shape index (κ1) is 12.0. The highest BCUT2D eigenvalue weighted by atomic mass is 35.5. The molecule has 90 valence electrons. The Morgan fingerprint density at radius 3 is 2.71 bits per heavy atom. The van der Waals surface area contributed by atoms with Crippen LogP contribution in [0.3, 0.4) is 0 Å². The Kier molecular flexibility index (Phi) is 3.38. The number of nitrogens with zero attached hydrogens (tertiary/aromatic N) is 5. The maximum atomic E-state index is 5.94. The van der Waals surface area contributed by atoms with E-state index in [1.165, 1.54) is 0 Å². The van der Waals surface area contributed by atoms with Gasteiger partial charge in [0.15, 0.2) is 5.15 Å². The number of hydrogen-bond acceptors (Lipinski definition) is 4. The first-order valence-corrected chi connectivity index (χ1v) is 5.91. The highest BCUT2D eigenvalue weighted by molar-refractivity contribution is 6.30. The average Bonchev–Trinajstić information content (AvgIpc) is 2.75. The maximum absolute atomic E-state index is 5.94. The third-order valence-corrected chi connectivity index (χ3v) is 3.12. The van der Waals surface area contributed by atoms with Crippen molar-refractivity contribution in [3.05, 3.63) is 22.5 Å². The molecule has 0 unspecified atom stereocenters. The SMILES string of the molecule is CCCn1nncc1-c1nnc(Cl)c(C)c1C. The van der Waals surface area contributed by atoms with E-state index in [4.69, 9.17) is 11.6 Å². The molecule has 0 atom stereocenters. The van der Waals surface area contributed by atoms with E-state index in [9.17, 15) is 0 Å². The van der Waals surface area contributed by atoms with Gasteiger partial charge in [-0.25, -0.2) is 4.68 Å². The smallest absolute Gasteiger partial charge is 0.154 e. The highest BCUT2D eigenvalue weighted by Gasteiger charge is 2.14. The normalized spacial score (nSPS) is 10.8. The number of rotatable bonds is 3. The molecule has 0 fully saturated rings. The van der Waals surface area contributed by atoms with Crippen LogP contribution in [-0.4, -0.2) is 25.2 Å². The summed E-state index contributed by atoms with van der Waals surface area (Å²) >= 11 is 5.94. The second kappa shape index (κ2) is 4.79. The molecule has 2 aromatic rings. The standard InChI is InChI=1S/C11H14ClN5/c1-4-5-17-9(6-13-16-17)10-7(2)8(3)11(12)15-14-10/h6H,4-5H2,1-3H3. The topological polar surface area (TPSA) is 56.5 Å². The van der Waals surface area contributed by atoms with Gasteiger partial charge in [0, 0.05) is 6.54 Å². The molecule has 17 heavy (non-hydrogen) atoms. The molecule has 0 amide bonds. The van der Waals surface area contributed by atoms with Crippen LogP contribution >= 0.6 is 11.6 Å². The molecular weight excluding hydrogens is 238 g/mol. The zero-order chi connectivity index (χ0) is 12.4. The number of aryl methyl sites for hydroxylation is 1. The maximum Gasteiger partial charge on any atom is 0.154 e. The highest BCUT2D eigenvalue weighted by Crippen LogP contribution is 2.25. The first-order chi connectivity index (χ1) is 8.15. The van der Waals surface area contributed by atoms with Crippen molar-refractivity contribution in [2.45, 2.75) is 33.7 Å². The zero-order valence-corrected chi connectivity index (χ0v) is 10.9. The molecule has 0 N–H and O–H groups in total. The summed E-state index contributed by atoms with van der Waals surface area (Å²) in [5, 5.41) is 16.5. The Balaban J connectivity index is 2.53. The molecule has 2 rings (SSSR count). The van der Waals surface area contributed by atoms with Crippen molar-refractivity contribution in [2.75, 3.05) is 0 Å². The lowest BCUT2D eigenvalue weighted by atomic mass is 10.1. The van der Waals surface area contributed by atoms with Crippen LogP contribution in [0.4, 0.5) is 0 Å². The predicted octanol–water partition coefficient (Wildman–Crippen LogP) is 2.42. The van der Waals surface area contributed by atoms with E-state index < -0.39 is 0 Å². The Bertz CT molecular complexity index is 535. The largest absolute Gasteiger partial charge is 0.243 e. The summed E-state index contributed by atoms with van der Waals surface area (Å²) in [4.78, 5) is 0. The number of aromatic nitrogens is 5. The van der Waals surface area contributed by atoms with Crippen molar-refractivity contribution in [2.24, 2.45) is 0 Å². The van der Waals surface area contributed by atoms with Gasteiger partial charge in [0.05, 0.1) is 6.20 Å². The quantitative estimate of drug-likeness (QED) is 0.841. The van der Waals surface area contributed by atoms with Gasteiger partial charge in [0.1, 0.15) is 11.4 Å². The summed E-state index contributed by atoms with van der Waals surface area (Å²) in [7, 11) is 0. The fraction of sp³-hybridized carbons (Fsp3) is 0.455. The molecule has 0 bridgehead atoms. The lowest BCUT2D eigenvalue weighted by Crippen LogP contribution is -2.05. The van der Waals surface area contributed by atoms with Gasteiger partial charge >= 0.3 is 0 Å². The minimum absolute atomic E-state index is 0.445. The molecule has 2 aromatic heterocycles. The minimum Gasteiger partial charge on any atom is -0.243 e. The molecule has 0 aromatic carbocycles. The summed E-state index contributed by atoms with van der Waals surface area (Å²) in [6.45, 7) is 6.83. The van der Waals surface area contributed by atoms with Gasteiger partial charge in [-0.3, -0.25) is 0 Å². The summed E-state index contributed by atoms with van der Waals surface area (Å²) < 4.78 is 1.84. The summed E-state index contributed by atoms with van der Waals surface area (Å²) in [6.07, 6.45) is 2.70. The van der Waals surface area contributed by atoms with Crippen molar-refractivity contribution in [1.82, 2.24) is 25.2 Å². The Labute approximate surface area is 105 Å². The number of halogens is 1. The third-order valence-electron chi connectivity index (χ3n) is 2.76. The summed E-state index contributed by atoms with van der Waals surface area (Å²) in [5.41, 5.74) is 3.65. The van der Waals surface area contributed by atoms with Gasteiger partial charge in [-0.1, -0.05) is 23.7 Å². The van der Waals surface area contributed by atoms with Gasteiger partial charge in [-0.2, -0.15) is 0 Å². The molecule has 0 radical (unpaired) electrons. The van der Waals surface area contributed by atoms with Crippen LogP contribution in [0, 0.1) is 13.8 Å². The van der Waals surface area contributed by atoms with Crippen molar-refractivity contribution in [1.29, 1.82) is 0 Å². The first-order valence-electron chi connectivity index (χ1n) is 5.53. The van der Waals surface area contributed by atoms with Crippen LogP contribution in [0.1, 0.15) is 24.5 Å². The van der Waals surface area contributed by atoms with Crippen LogP contribution in [0.15, 0.2) is 6.20 Å². The fourth-order valence-corrected chi connectivity index (χ4v) is 1.82. The van der Waals surface area contributed by atoms with E-state index >= 15 is 0 Å². The lowest BCUT2D eigenvalue weighted by molar-refractivity contribution is 0.582. The average molecular weight is 252 g/mol. The molecule has 2 heterocycles. The lowest BCUT2D eigenvalue weighted by Gasteiger charge is -2.08. The monoisotopic (exact) mass is 251 g/mol. The van der Waals surface area contributed by atoms with E-state index in [1.807, 2.05) is 18.5 Å². The van der Waals surface area contributed by atoms with Gasteiger partial charge in [-0.15, -0.1) is 15.3 Å². The van der Waals surface area contributed by atoms with Gasteiger partial charge < -0.3 is 0 Å². The number of hydrogen-bond donors (Lipinski definition) is 0. The van der Waals surface area contributed by atoms with Gasteiger partial charge in [-0.05, 0) is 31.4 Å². The Morgan fingerprint density at radius 2 is 2.00 bits per heavy atom. The van der Waals surface area contributed by atoms with Crippen molar-refractivity contribution in [3.8, 4) is 11.4 Å². The predicted molar refractivity (Wildman–Crippen MR) is 65.8 cm³/mol.